The van der Waals surface area contributed by atoms with E-state index in [2.05, 4.69) is 9.97 Å². The first-order chi connectivity index (χ1) is 8.13. The predicted octanol–water partition coefficient (Wildman–Crippen LogP) is 3.06. The zero-order valence-corrected chi connectivity index (χ0v) is 9.70. The Morgan fingerprint density at radius 3 is 2.82 bits per heavy atom. The maximum absolute atomic E-state index is 13.7. The lowest BCUT2D eigenvalue weighted by Crippen LogP contribution is -1.97. The van der Waals surface area contributed by atoms with Gasteiger partial charge in [-0.05, 0) is 19.1 Å². The summed E-state index contributed by atoms with van der Waals surface area (Å²) in [6.45, 7) is 1.83. The highest BCUT2D eigenvalue weighted by atomic mass is 35.5. The second kappa shape index (κ2) is 4.59. The molecule has 0 saturated heterocycles. The number of carbonyl (C=O) groups excluding carboxylic acids is 1. The number of aldehydes is 1. The van der Waals surface area contributed by atoms with E-state index in [4.69, 9.17) is 11.6 Å². The number of hydrogen-bond acceptors (Lipinski definition) is 3. The smallest absolute Gasteiger partial charge is 0.155 e. The Balaban J connectivity index is 2.72. The van der Waals surface area contributed by atoms with E-state index in [1.165, 1.54) is 12.4 Å². The number of carbonyl (C=O) groups is 1. The molecule has 1 heterocycles. The molecule has 0 N–H and O–H groups in total. The van der Waals surface area contributed by atoms with Crippen molar-refractivity contribution in [2.75, 3.05) is 0 Å². The lowest BCUT2D eigenvalue weighted by molar-refractivity contribution is 0.112. The van der Waals surface area contributed by atoms with Crippen molar-refractivity contribution >= 4 is 17.9 Å². The molecule has 0 radical (unpaired) electrons. The van der Waals surface area contributed by atoms with Gasteiger partial charge in [-0.2, -0.15) is 0 Å². The molecule has 0 amide bonds. The van der Waals surface area contributed by atoms with Crippen molar-refractivity contribution in [1.82, 2.24) is 9.97 Å². The van der Waals surface area contributed by atoms with Crippen molar-refractivity contribution in [2.24, 2.45) is 0 Å². The molecule has 5 heteroatoms. The Kier molecular flexibility index (Phi) is 3.15. The summed E-state index contributed by atoms with van der Waals surface area (Å²) in [5.41, 5.74) is 1.42. The van der Waals surface area contributed by atoms with Crippen molar-refractivity contribution in [3.05, 3.63) is 46.6 Å². The van der Waals surface area contributed by atoms with Gasteiger partial charge in [0.1, 0.15) is 17.3 Å². The molecule has 0 spiro atoms. The van der Waals surface area contributed by atoms with Crippen molar-refractivity contribution in [1.29, 1.82) is 0 Å². The van der Waals surface area contributed by atoms with Crippen LogP contribution in [0.1, 0.15) is 15.9 Å². The van der Waals surface area contributed by atoms with E-state index in [0.717, 1.165) is 5.56 Å². The number of nitrogens with zero attached hydrogens (tertiary/aromatic N) is 2. The van der Waals surface area contributed by atoms with E-state index in [0.29, 0.717) is 6.29 Å². The van der Waals surface area contributed by atoms with Crippen LogP contribution in [-0.2, 0) is 0 Å². The quantitative estimate of drug-likeness (QED) is 0.608. The molecule has 17 heavy (non-hydrogen) atoms. The normalized spacial score (nSPS) is 10.3. The summed E-state index contributed by atoms with van der Waals surface area (Å²) in [6.07, 6.45) is 1.73. The monoisotopic (exact) mass is 250 g/mol. The van der Waals surface area contributed by atoms with E-state index < -0.39 is 5.82 Å². The van der Waals surface area contributed by atoms with Crippen LogP contribution in [0.25, 0.3) is 11.3 Å². The summed E-state index contributed by atoms with van der Waals surface area (Å²) < 4.78 is 13.7. The molecular formula is C12H8ClFN2O. The maximum atomic E-state index is 13.7. The highest BCUT2D eigenvalue weighted by Gasteiger charge is 2.14. The highest BCUT2D eigenvalue weighted by molar-refractivity contribution is 6.32. The molecule has 2 aromatic rings. The largest absolute Gasteiger partial charge is 0.298 e. The number of rotatable bonds is 2. The molecule has 86 valence electrons. The Hall–Kier alpha value is -1.81. The minimum absolute atomic E-state index is 0.0194. The summed E-state index contributed by atoms with van der Waals surface area (Å²) in [5, 5.41) is 0.0194. The summed E-state index contributed by atoms with van der Waals surface area (Å²) >= 11 is 5.77. The third-order valence-electron chi connectivity index (χ3n) is 2.33. The second-order valence-corrected chi connectivity index (χ2v) is 3.89. The topological polar surface area (TPSA) is 42.9 Å². The molecule has 0 bridgehead atoms. The zero-order valence-electron chi connectivity index (χ0n) is 8.95. The number of aromatic nitrogens is 2. The Morgan fingerprint density at radius 2 is 2.12 bits per heavy atom. The highest BCUT2D eigenvalue weighted by Crippen LogP contribution is 2.27. The van der Waals surface area contributed by atoms with Crippen LogP contribution in [0.5, 0.6) is 0 Å². The third-order valence-corrected chi connectivity index (χ3v) is 2.63. The first-order valence-electron chi connectivity index (χ1n) is 4.85. The van der Waals surface area contributed by atoms with E-state index in [1.807, 2.05) is 6.92 Å². The molecule has 0 aliphatic heterocycles. The van der Waals surface area contributed by atoms with Gasteiger partial charge in [-0.25, -0.2) is 14.4 Å². The van der Waals surface area contributed by atoms with Crippen LogP contribution >= 0.6 is 11.6 Å². The van der Waals surface area contributed by atoms with Crippen LogP contribution in [-0.4, -0.2) is 16.3 Å². The number of benzene rings is 1. The Bertz CT molecular complexity index is 587. The molecule has 1 aromatic carbocycles. The summed E-state index contributed by atoms with van der Waals surface area (Å²) in [4.78, 5) is 18.5. The third kappa shape index (κ3) is 2.17. The second-order valence-electron chi connectivity index (χ2n) is 3.53. The van der Waals surface area contributed by atoms with E-state index in [-0.39, 0.29) is 22.0 Å². The Labute approximate surface area is 102 Å². The van der Waals surface area contributed by atoms with Gasteiger partial charge in [-0.15, -0.1) is 0 Å². The minimum atomic E-state index is -0.450. The first-order valence-corrected chi connectivity index (χ1v) is 5.23. The van der Waals surface area contributed by atoms with Crippen LogP contribution in [0.3, 0.4) is 0 Å². The average molecular weight is 251 g/mol. The van der Waals surface area contributed by atoms with Gasteiger partial charge in [-0.3, -0.25) is 4.79 Å². The fourth-order valence-corrected chi connectivity index (χ4v) is 1.69. The lowest BCUT2D eigenvalue weighted by atomic mass is 10.0. The molecule has 0 aliphatic carbocycles. The molecule has 0 saturated carbocycles. The summed E-state index contributed by atoms with van der Waals surface area (Å²) in [5.74, 6) is -0.450. The van der Waals surface area contributed by atoms with Gasteiger partial charge in [0.25, 0.3) is 0 Å². The number of hydrogen-bond donors (Lipinski definition) is 0. The van der Waals surface area contributed by atoms with E-state index >= 15 is 0 Å². The fraction of sp³-hybridized carbons (Fsp3) is 0.0833. The molecule has 0 fully saturated rings. The van der Waals surface area contributed by atoms with Gasteiger partial charge in [0, 0.05) is 5.56 Å². The molecule has 3 nitrogen and oxygen atoms in total. The standard InChI is InChI=1S/C12H8ClFN2O/c1-7-2-3-10(14)8(4-7)11-9(5-17)12(13)16-6-15-11/h2-6H,1H3. The first kappa shape index (κ1) is 11.7. The lowest BCUT2D eigenvalue weighted by Gasteiger charge is -2.06. The SMILES string of the molecule is Cc1ccc(F)c(-c2ncnc(Cl)c2C=O)c1. The van der Waals surface area contributed by atoms with Gasteiger partial charge in [0.05, 0.1) is 11.3 Å². The maximum Gasteiger partial charge on any atom is 0.155 e. The van der Waals surface area contributed by atoms with E-state index in [9.17, 15) is 9.18 Å². The van der Waals surface area contributed by atoms with E-state index in [1.54, 1.807) is 12.1 Å². The minimum Gasteiger partial charge on any atom is -0.298 e. The molecule has 1 aromatic heterocycles. The molecule has 0 unspecified atom stereocenters. The molecular weight excluding hydrogens is 243 g/mol. The van der Waals surface area contributed by atoms with Gasteiger partial charge in [-0.1, -0.05) is 23.2 Å². The van der Waals surface area contributed by atoms with Crippen molar-refractivity contribution in [3.63, 3.8) is 0 Å². The van der Waals surface area contributed by atoms with Crippen molar-refractivity contribution < 1.29 is 9.18 Å². The van der Waals surface area contributed by atoms with Crippen LogP contribution in [0, 0.1) is 12.7 Å². The van der Waals surface area contributed by atoms with Crippen LogP contribution in [0.4, 0.5) is 4.39 Å². The van der Waals surface area contributed by atoms with Crippen LogP contribution < -0.4 is 0 Å². The van der Waals surface area contributed by atoms with Crippen LogP contribution in [0.15, 0.2) is 24.5 Å². The fourth-order valence-electron chi connectivity index (χ4n) is 1.51. The number of halogens is 2. The van der Waals surface area contributed by atoms with Crippen molar-refractivity contribution in [2.45, 2.75) is 6.92 Å². The van der Waals surface area contributed by atoms with Gasteiger partial charge in [0.15, 0.2) is 6.29 Å². The van der Waals surface area contributed by atoms with Crippen LogP contribution in [0.2, 0.25) is 5.15 Å². The predicted molar refractivity (Wildman–Crippen MR) is 62.6 cm³/mol. The van der Waals surface area contributed by atoms with Gasteiger partial charge in [0.2, 0.25) is 0 Å². The van der Waals surface area contributed by atoms with Gasteiger partial charge < -0.3 is 0 Å². The molecule has 0 aliphatic rings. The summed E-state index contributed by atoms with van der Waals surface area (Å²) in [7, 11) is 0. The Morgan fingerprint density at radius 1 is 1.35 bits per heavy atom. The van der Waals surface area contributed by atoms with Gasteiger partial charge >= 0.3 is 0 Å². The zero-order chi connectivity index (χ0) is 12.4. The number of aryl methyl sites for hydroxylation is 1. The summed E-state index contributed by atoms with van der Waals surface area (Å²) in [6, 6.07) is 4.58. The average Bonchev–Trinajstić information content (AvgIpc) is 2.32. The molecule has 2 rings (SSSR count). The molecule has 0 atom stereocenters. The van der Waals surface area contributed by atoms with Crippen molar-refractivity contribution in [3.8, 4) is 11.3 Å².